The minimum Gasteiger partial charge on any atom is -0.398 e. The van der Waals surface area contributed by atoms with Gasteiger partial charge in [-0.05, 0) is 50.8 Å². The first-order chi connectivity index (χ1) is 16.7. The first kappa shape index (κ1) is 24.0. The van der Waals surface area contributed by atoms with E-state index in [1.807, 2.05) is 24.3 Å². The summed E-state index contributed by atoms with van der Waals surface area (Å²) in [7, 11) is 0. The Morgan fingerprint density at radius 1 is 1.26 bits per heavy atom. The molecule has 0 saturated heterocycles. The number of rotatable bonds is 8. The lowest BCUT2D eigenvalue weighted by Crippen LogP contribution is -2.34. The molecule has 1 aliphatic carbocycles. The zero-order valence-electron chi connectivity index (χ0n) is 20.1. The summed E-state index contributed by atoms with van der Waals surface area (Å²) in [5.41, 5.74) is 8.76. The van der Waals surface area contributed by atoms with Crippen molar-refractivity contribution in [2.24, 2.45) is 5.73 Å². The van der Waals surface area contributed by atoms with Crippen molar-refractivity contribution in [3.63, 3.8) is 0 Å². The van der Waals surface area contributed by atoms with Crippen LogP contribution in [0.15, 0.2) is 59.7 Å². The van der Waals surface area contributed by atoms with Crippen molar-refractivity contribution in [3.05, 3.63) is 87.7 Å². The van der Waals surface area contributed by atoms with Gasteiger partial charge in [0.15, 0.2) is 0 Å². The monoisotopic (exact) mass is 468 g/mol. The number of nitrogens with two attached hydrogens (primary N) is 1. The number of hydrogen-bond acceptors (Lipinski definition) is 7. The number of benzene rings is 1. The lowest BCUT2D eigenvalue weighted by molar-refractivity contribution is 0.104. The summed E-state index contributed by atoms with van der Waals surface area (Å²) in [6.07, 6.45) is 6.93. The van der Waals surface area contributed by atoms with Crippen LogP contribution in [-0.2, 0) is 12.1 Å². The number of aryl methyl sites for hydroxylation is 1. The van der Waals surface area contributed by atoms with E-state index in [9.17, 15) is 14.9 Å². The molecule has 2 aromatic heterocycles. The largest absolute Gasteiger partial charge is 0.398 e. The van der Waals surface area contributed by atoms with Crippen LogP contribution in [0, 0.1) is 18.3 Å². The Morgan fingerprint density at radius 2 is 1.97 bits per heavy atom. The summed E-state index contributed by atoms with van der Waals surface area (Å²) in [4.78, 5) is 34.2. The van der Waals surface area contributed by atoms with Gasteiger partial charge in [-0.2, -0.15) is 5.26 Å². The van der Waals surface area contributed by atoms with Crippen molar-refractivity contribution < 1.29 is 4.79 Å². The molecule has 0 radical (unpaired) electrons. The standard InChI is InChI=1S/C27H28N6O2/c1-17-26(24(34)12-22(29)19-6-4-18(5-7-19)13-31-21-9-10-21)32-23(14-30-17)20-8-11-25(35)33(15-20)27(2,3)16-28/h4-8,11-12,14-15,21,31H,9-10,13,29H2,1-3H3/b22-12-. The number of hydrogen-bond donors (Lipinski definition) is 2. The van der Waals surface area contributed by atoms with Gasteiger partial charge in [0.2, 0.25) is 5.78 Å². The molecule has 1 fully saturated rings. The normalized spacial score (nSPS) is 13.9. The number of nitrogens with one attached hydrogen (secondary N) is 1. The fourth-order valence-corrected chi connectivity index (χ4v) is 3.61. The third-order valence-corrected chi connectivity index (χ3v) is 6.02. The Labute approximate surface area is 204 Å². The average Bonchev–Trinajstić information content (AvgIpc) is 3.68. The van der Waals surface area contributed by atoms with Crippen molar-refractivity contribution in [2.45, 2.75) is 51.7 Å². The molecule has 178 valence electrons. The minimum absolute atomic E-state index is 0.174. The molecule has 0 aliphatic heterocycles. The topological polar surface area (TPSA) is 127 Å². The van der Waals surface area contributed by atoms with Gasteiger partial charge in [-0.1, -0.05) is 24.3 Å². The predicted molar refractivity (Wildman–Crippen MR) is 134 cm³/mol. The van der Waals surface area contributed by atoms with Gasteiger partial charge < -0.3 is 11.1 Å². The van der Waals surface area contributed by atoms with Crippen LogP contribution in [0.2, 0.25) is 0 Å². The Bertz CT molecular complexity index is 1390. The summed E-state index contributed by atoms with van der Waals surface area (Å²) >= 11 is 0. The zero-order chi connectivity index (χ0) is 25.2. The first-order valence-electron chi connectivity index (χ1n) is 11.5. The van der Waals surface area contributed by atoms with Gasteiger partial charge in [0.05, 0.1) is 23.7 Å². The number of carbonyl (C=O) groups excluding carboxylic acids is 1. The number of ketones is 1. The number of pyridine rings is 1. The van der Waals surface area contributed by atoms with E-state index in [0.717, 1.165) is 17.7 Å². The zero-order valence-corrected chi connectivity index (χ0v) is 20.1. The summed E-state index contributed by atoms with van der Waals surface area (Å²) in [6.45, 7) is 5.82. The molecule has 1 saturated carbocycles. The number of aromatic nitrogens is 3. The fraction of sp³-hybridized carbons (Fsp3) is 0.296. The second-order valence-electron chi connectivity index (χ2n) is 9.30. The molecular weight excluding hydrogens is 440 g/mol. The van der Waals surface area contributed by atoms with E-state index >= 15 is 0 Å². The maximum absolute atomic E-state index is 13.0. The molecule has 3 N–H and O–H groups in total. The van der Waals surface area contributed by atoms with E-state index in [-0.39, 0.29) is 17.0 Å². The van der Waals surface area contributed by atoms with Crippen LogP contribution in [-0.4, -0.2) is 26.4 Å². The molecule has 0 spiro atoms. The number of nitrogens with zero attached hydrogens (tertiary/aromatic N) is 4. The number of allylic oxidation sites excluding steroid dienone is 1. The van der Waals surface area contributed by atoms with Gasteiger partial charge in [0.1, 0.15) is 11.2 Å². The average molecular weight is 469 g/mol. The molecule has 8 nitrogen and oxygen atoms in total. The van der Waals surface area contributed by atoms with E-state index in [1.54, 1.807) is 33.0 Å². The van der Waals surface area contributed by atoms with Crippen LogP contribution >= 0.6 is 0 Å². The smallest absolute Gasteiger partial charge is 0.251 e. The van der Waals surface area contributed by atoms with Crippen molar-refractivity contribution in [2.75, 3.05) is 0 Å². The molecule has 8 heteroatoms. The molecule has 1 aliphatic rings. The highest BCUT2D eigenvalue weighted by molar-refractivity contribution is 6.07. The van der Waals surface area contributed by atoms with Crippen molar-refractivity contribution in [1.82, 2.24) is 19.9 Å². The highest BCUT2D eigenvalue weighted by Crippen LogP contribution is 2.21. The highest BCUT2D eigenvalue weighted by atomic mass is 16.1. The molecule has 0 bridgehead atoms. The van der Waals surface area contributed by atoms with E-state index in [2.05, 4.69) is 21.4 Å². The Balaban J connectivity index is 1.58. The summed E-state index contributed by atoms with van der Waals surface area (Å²) in [5, 5.41) is 12.9. The third kappa shape index (κ3) is 5.53. The lowest BCUT2D eigenvalue weighted by Gasteiger charge is -2.19. The molecule has 35 heavy (non-hydrogen) atoms. The van der Waals surface area contributed by atoms with Crippen LogP contribution in [0.4, 0.5) is 0 Å². The van der Waals surface area contributed by atoms with Gasteiger partial charge in [0.25, 0.3) is 5.56 Å². The van der Waals surface area contributed by atoms with Crippen LogP contribution in [0.1, 0.15) is 54.0 Å². The summed E-state index contributed by atoms with van der Waals surface area (Å²) in [6, 6.07) is 13.5. The highest BCUT2D eigenvalue weighted by Gasteiger charge is 2.22. The quantitative estimate of drug-likeness (QED) is 0.383. The third-order valence-electron chi connectivity index (χ3n) is 6.02. The first-order valence-corrected chi connectivity index (χ1v) is 11.5. The molecular formula is C27H28N6O2. The Hall–Kier alpha value is -4.09. The van der Waals surface area contributed by atoms with Crippen LogP contribution in [0.5, 0.6) is 0 Å². The molecule has 1 aromatic carbocycles. The van der Waals surface area contributed by atoms with Crippen LogP contribution in [0.25, 0.3) is 17.0 Å². The lowest BCUT2D eigenvalue weighted by atomic mass is 10.1. The maximum atomic E-state index is 13.0. The minimum atomic E-state index is -1.04. The molecule has 0 unspecified atom stereocenters. The summed E-state index contributed by atoms with van der Waals surface area (Å²) < 4.78 is 1.34. The predicted octanol–water partition coefficient (Wildman–Crippen LogP) is 3.31. The van der Waals surface area contributed by atoms with Gasteiger partial charge >= 0.3 is 0 Å². The van der Waals surface area contributed by atoms with E-state index in [0.29, 0.717) is 28.7 Å². The number of nitriles is 1. The SMILES string of the molecule is Cc1ncc(-c2ccc(=O)n(C(C)(C)C#N)c2)nc1C(=O)/C=C(\N)c1ccc(CNC2CC2)cc1. The van der Waals surface area contributed by atoms with Gasteiger partial charge in [-0.25, -0.2) is 4.98 Å². The Kier molecular flexibility index (Phi) is 6.63. The maximum Gasteiger partial charge on any atom is 0.251 e. The number of carbonyl (C=O) groups is 1. The van der Waals surface area contributed by atoms with Crippen LogP contribution in [0.3, 0.4) is 0 Å². The fourth-order valence-electron chi connectivity index (χ4n) is 3.61. The van der Waals surface area contributed by atoms with Gasteiger partial charge in [-0.3, -0.25) is 19.1 Å². The molecule has 3 aromatic rings. The van der Waals surface area contributed by atoms with E-state index in [4.69, 9.17) is 5.73 Å². The molecule has 0 atom stereocenters. The van der Waals surface area contributed by atoms with Crippen molar-refractivity contribution in [3.8, 4) is 17.3 Å². The second-order valence-corrected chi connectivity index (χ2v) is 9.30. The van der Waals surface area contributed by atoms with Crippen molar-refractivity contribution >= 4 is 11.5 Å². The van der Waals surface area contributed by atoms with Gasteiger partial charge in [0, 0.05) is 42.2 Å². The molecule has 4 rings (SSSR count). The van der Waals surface area contributed by atoms with E-state index in [1.165, 1.54) is 35.7 Å². The van der Waals surface area contributed by atoms with E-state index < -0.39 is 5.54 Å². The van der Waals surface area contributed by atoms with Crippen LogP contribution < -0.4 is 16.6 Å². The van der Waals surface area contributed by atoms with Crippen molar-refractivity contribution in [1.29, 1.82) is 5.26 Å². The molecule has 0 amide bonds. The Morgan fingerprint density at radius 3 is 2.63 bits per heavy atom. The second kappa shape index (κ2) is 9.65. The molecule has 2 heterocycles. The van der Waals surface area contributed by atoms with Gasteiger partial charge in [-0.15, -0.1) is 0 Å². The summed E-state index contributed by atoms with van der Waals surface area (Å²) in [5.74, 6) is -0.362.